The van der Waals surface area contributed by atoms with E-state index in [4.69, 9.17) is 5.11 Å². The second-order valence-electron chi connectivity index (χ2n) is 4.13. The van der Waals surface area contributed by atoms with Crippen molar-refractivity contribution in [1.82, 2.24) is 5.32 Å². The summed E-state index contributed by atoms with van der Waals surface area (Å²) in [7, 11) is 0. The molecule has 0 radical (unpaired) electrons. The number of benzene rings is 1. The number of carbonyl (C=O) groups is 2. The molecule has 1 amide bonds. The predicted octanol–water partition coefficient (Wildman–Crippen LogP) is 2.75. The van der Waals surface area contributed by atoms with Gasteiger partial charge in [-0.15, -0.1) is 5.10 Å². The van der Waals surface area contributed by atoms with E-state index in [1.165, 1.54) is 18.3 Å². The lowest BCUT2D eigenvalue weighted by Crippen LogP contribution is -2.26. The molecule has 1 atom stereocenters. The number of nitrogens with zero attached hydrogens (tertiary/aromatic N) is 2. The molecule has 1 saturated heterocycles. The fraction of sp³-hybridized carbons (Fsp3) is 0.167. The molecule has 0 aromatic heterocycles. The van der Waals surface area contributed by atoms with Gasteiger partial charge in [0.1, 0.15) is 11.1 Å². The lowest BCUT2D eigenvalue weighted by Gasteiger charge is -2.00. The van der Waals surface area contributed by atoms with E-state index in [2.05, 4.69) is 47.4 Å². The maximum atomic E-state index is 13.3. The van der Waals surface area contributed by atoms with Crippen LogP contribution in [0, 0.1) is 5.82 Å². The van der Waals surface area contributed by atoms with E-state index in [1.54, 1.807) is 0 Å². The molecule has 1 unspecified atom stereocenters. The number of carboxylic acid groups (broad SMARTS) is 1. The molecule has 0 saturated carbocycles. The summed E-state index contributed by atoms with van der Waals surface area (Å²) in [6, 6.07) is 2.81. The first-order chi connectivity index (χ1) is 10.4. The van der Waals surface area contributed by atoms with E-state index in [-0.39, 0.29) is 16.1 Å². The molecule has 1 aromatic carbocycles. The van der Waals surface area contributed by atoms with Crippen molar-refractivity contribution < 1.29 is 19.1 Å². The minimum absolute atomic E-state index is 0.227. The van der Waals surface area contributed by atoms with E-state index >= 15 is 0 Å². The number of hydrogen-bond acceptors (Lipinski definition) is 5. The van der Waals surface area contributed by atoms with Crippen LogP contribution in [-0.2, 0) is 9.59 Å². The Bertz CT molecular complexity index is 696. The van der Waals surface area contributed by atoms with Gasteiger partial charge in [0.05, 0.1) is 17.1 Å². The highest BCUT2D eigenvalue weighted by molar-refractivity contribution is 9.11. The van der Waals surface area contributed by atoms with Gasteiger partial charge in [-0.3, -0.25) is 9.59 Å². The van der Waals surface area contributed by atoms with Crippen molar-refractivity contribution in [3.63, 3.8) is 0 Å². The summed E-state index contributed by atoms with van der Waals surface area (Å²) in [5.74, 6) is -1.88. The van der Waals surface area contributed by atoms with Crippen molar-refractivity contribution in [1.29, 1.82) is 0 Å². The van der Waals surface area contributed by atoms with Crippen molar-refractivity contribution in [2.75, 3.05) is 0 Å². The van der Waals surface area contributed by atoms with Crippen LogP contribution >= 0.6 is 43.6 Å². The summed E-state index contributed by atoms with van der Waals surface area (Å²) in [4.78, 5) is 22.1. The van der Waals surface area contributed by atoms with E-state index < -0.39 is 22.9 Å². The number of rotatable bonds is 4. The number of amidine groups is 1. The van der Waals surface area contributed by atoms with Gasteiger partial charge in [-0.25, -0.2) is 4.39 Å². The number of carboxylic acids is 1. The molecule has 116 valence electrons. The highest BCUT2D eigenvalue weighted by atomic mass is 79.9. The van der Waals surface area contributed by atoms with Crippen LogP contribution in [0.3, 0.4) is 0 Å². The van der Waals surface area contributed by atoms with Crippen LogP contribution in [0.15, 0.2) is 31.3 Å². The zero-order valence-corrected chi connectivity index (χ0v) is 14.7. The van der Waals surface area contributed by atoms with Gasteiger partial charge in [0.25, 0.3) is 0 Å². The number of nitrogens with one attached hydrogen (secondary N) is 1. The van der Waals surface area contributed by atoms with Gasteiger partial charge >= 0.3 is 5.97 Å². The smallest absolute Gasteiger partial charge is 0.305 e. The third-order valence-electron chi connectivity index (χ3n) is 2.52. The number of carbonyl (C=O) groups excluding carboxylic acids is 1. The third-order valence-corrected chi connectivity index (χ3v) is 4.89. The van der Waals surface area contributed by atoms with Crippen LogP contribution in [-0.4, -0.2) is 33.6 Å². The lowest BCUT2D eigenvalue weighted by molar-refractivity contribution is -0.138. The van der Waals surface area contributed by atoms with Gasteiger partial charge in [-0.05, 0) is 28.1 Å². The molecule has 0 spiro atoms. The standard InChI is InChI=1S/C12H8Br2FN3O3S/c13-6-2-8(15)7(14)1-5(6)4-16-18-12-17-11(21)9(22-12)3-10(19)20/h1-2,4,9H,3H2,(H,19,20)(H,17,18,21). The van der Waals surface area contributed by atoms with Crippen molar-refractivity contribution in [2.24, 2.45) is 10.2 Å². The van der Waals surface area contributed by atoms with E-state index in [1.807, 2.05) is 0 Å². The first-order valence-electron chi connectivity index (χ1n) is 5.81. The highest BCUT2D eigenvalue weighted by Gasteiger charge is 2.32. The number of hydrogen-bond donors (Lipinski definition) is 2. The maximum absolute atomic E-state index is 13.3. The molecule has 0 aliphatic carbocycles. The molecule has 1 aliphatic rings. The van der Waals surface area contributed by atoms with Gasteiger partial charge in [-0.2, -0.15) is 5.10 Å². The number of amides is 1. The minimum atomic E-state index is -1.06. The van der Waals surface area contributed by atoms with Crippen LogP contribution < -0.4 is 5.32 Å². The number of halogens is 3. The van der Waals surface area contributed by atoms with Gasteiger partial charge in [0, 0.05) is 10.0 Å². The summed E-state index contributed by atoms with van der Waals surface area (Å²) in [5, 5.41) is 18.3. The Hall–Kier alpha value is -1.26. The first kappa shape index (κ1) is 17.1. The summed E-state index contributed by atoms with van der Waals surface area (Å²) >= 11 is 7.27. The summed E-state index contributed by atoms with van der Waals surface area (Å²) in [6.07, 6.45) is 1.11. The van der Waals surface area contributed by atoms with Crippen molar-refractivity contribution in [3.05, 3.63) is 32.5 Å². The molecule has 1 aromatic rings. The lowest BCUT2D eigenvalue weighted by atomic mass is 10.2. The molecule has 0 bridgehead atoms. The second kappa shape index (κ2) is 7.34. The molecule has 22 heavy (non-hydrogen) atoms. The normalized spacial score (nSPS) is 19.9. The Labute approximate surface area is 145 Å². The Morgan fingerprint density at radius 2 is 2.18 bits per heavy atom. The van der Waals surface area contributed by atoms with Crippen molar-refractivity contribution >= 4 is 66.9 Å². The quantitative estimate of drug-likeness (QED) is 0.417. The van der Waals surface area contributed by atoms with Crippen molar-refractivity contribution in [3.8, 4) is 0 Å². The second-order valence-corrected chi connectivity index (χ2v) is 7.03. The minimum Gasteiger partial charge on any atom is -0.481 e. The molecule has 1 aliphatic heterocycles. The van der Waals surface area contributed by atoms with Crippen LogP contribution in [0.2, 0.25) is 0 Å². The van der Waals surface area contributed by atoms with Gasteiger partial charge in [-0.1, -0.05) is 27.7 Å². The van der Waals surface area contributed by atoms with Gasteiger partial charge in [0.15, 0.2) is 5.17 Å². The number of thioether (sulfide) groups is 1. The molecule has 10 heteroatoms. The Balaban J connectivity index is 2.08. The molecular weight excluding hydrogens is 445 g/mol. The fourth-order valence-corrected chi connectivity index (χ4v) is 3.22. The first-order valence-corrected chi connectivity index (χ1v) is 8.28. The topological polar surface area (TPSA) is 91.1 Å². The van der Waals surface area contributed by atoms with Crippen LogP contribution in [0.4, 0.5) is 4.39 Å². The average molecular weight is 453 g/mol. The van der Waals surface area contributed by atoms with Crippen LogP contribution in [0.1, 0.15) is 12.0 Å². The zero-order chi connectivity index (χ0) is 16.3. The highest BCUT2D eigenvalue weighted by Crippen LogP contribution is 2.24. The molecule has 1 fully saturated rings. The molecule has 2 rings (SSSR count). The van der Waals surface area contributed by atoms with Crippen LogP contribution in [0.25, 0.3) is 0 Å². The van der Waals surface area contributed by atoms with Gasteiger partial charge in [0.2, 0.25) is 5.91 Å². The van der Waals surface area contributed by atoms with E-state index in [0.29, 0.717) is 10.0 Å². The molecular formula is C12H8Br2FN3O3S. The Morgan fingerprint density at radius 1 is 1.45 bits per heavy atom. The summed E-state index contributed by atoms with van der Waals surface area (Å²) < 4.78 is 14.1. The largest absolute Gasteiger partial charge is 0.481 e. The van der Waals surface area contributed by atoms with Gasteiger partial charge < -0.3 is 10.4 Å². The fourth-order valence-electron chi connectivity index (χ4n) is 1.53. The van der Waals surface area contributed by atoms with Crippen molar-refractivity contribution in [2.45, 2.75) is 11.7 Å². The molecule has 1 heterocycles. The zero-order valence-electron chi connectivity index (χ0n) is 10.7. The SMILES string of the molecule is O=C(O)CC1SC(=NN=Cc2cc(Br)c(F)cc2Br)NC1=O. The Kier molecular flexibility index (Phi) is 5.70. The van der Waals surface area contributed by atoms with Crippen LogP contribution in [0.5, 0.6) is 0 Å². The maximum Gasteiger partial charge on any atom is 0.305 e. The van der Waals surface area contributed by atoms with E-state index in [9.17, 15) is 14.0 Å². The van der Waals surface area contributed by atoms with E-state index in [0.717, 1.165) is 11.8 Å². The predicted molar refractivity (Wildman–Crippen MR) is 88.6 cm³/mol. The molecule has 2 N–H and O–H groups in total. The molecule has 6 nitrogen and oxygen atoms in total. The number of aliphatic carboxylic acids is 1. The summed E-state index contributed by atoms with van der Waals surface area (Å²) in [6.45, 7) is 0. The average Bonchev–Trinajstić information content (AvgIpc) is 2.75. The monoisotopic (exact) mass is 451 g/mol. The Morgan fingerprint density at radius 3 is 2.86 bits per heavy atom. The third kappa shape index (κ3) is 4.37. The summed E-state index contributed by atoms with van der Waals surface area (Å²) in [5.41, 5.74) is 0.592.